The van der Waals surface area contributed by atoms with Gasteiger partial charge in [0.05, 0.1) is 5.56 Å². The van der Waals surface area contributed by atoms with Crippen LogP contribution < -0.4 is 0 Å². The number of carbonyl (C=O) groups is 1. The van der Waals surface area contributed by atoms with E-state index in [1.165, 1.54) is 12.1 Å². The minimum Gasteiger partial charge on any atom is -0.571 e. The van der Waals surface area contributed by atoms with Crippen molar-refractivity contribution in [2.24, 2.45) is 15.3 Å². The van der Waals surface area contributed by atoms with Crippen LogP contribution in [0.25, 0.3) is 5.43 Å². The number of phenols is 1. The number of nitrogens with zero attached hydrogens (tertiary/aromatic N) is 4. The molecule has 0 radical (unpaired) electrons. The third-order valence-corrected chi connectivity index (χ3v) is 3.55. The van der Waals surface area contributed by atoms with Crippen molar-refractivity contribution in [3.05, 3.63) is 95.4 Å². The van der Waals surface area contributed by atoms with Crippen LogP contribution in [-0.2, 0) is 17.1 Å². The Hall–Kier alpha value is -3.48. The van der Waals surface area contributed by atoms with E-state index in [0.29, 0.717) is 5.56 Å². The number of aromatic carboxylic acids is 1. The second-order valence-electron chi connectivity index (χ2n) is 5.40. The van der Waals surface area contributed by atoms with Crippen molar-refractivity contribution < 1.29 is 32.1 Å². The molecule has 7 nitrogen and oxygen atoms in total. The molecule has 0 fully saturated rings. The molecule has 0 aliphatic carbocycles. The monoisotopic (exact) mass is 542 g/mol. The summed E-state index contributed by atoms with van der Waals surface area (Å²) in [6.07, 6.45) is 0. The van der Waals surface area contributed by atoms with Crippen LogP contribution in [0.5, 0.6) is 5.75 Å². The number of hydrogen-bond acceptors (Lipinski definition) is 4. The first kappa shape index (κ1) is 37.1. The van der Waals surface area contributed by atoms with Gasteiger partial charge in [0.2, 0.25) is 0 Å². The van der Waals surface area contributed by atoms with Crippen molar-refractivity contribution in [2.45, 2.75) is 55.4 Å². The molecule has 0 aliphatic heterocycles. The van der Waals surface area contributed by atoms with Gasteiger partial charge in [0.1, 0.15) is 11.4 Å². The summed E-state index contributed by atoms with van der Waals surface area (Å²) in [4.78, 5) is 11.3. The fraction of sp³-hybridized carbons (Fsp3) is 0.286. The van der Waals surface area contributed by atoms with Crippen molar-refractivity contribution in [1.82, 2.24) is 0 Å². The molecule has 0 saturated carbocycles. The number of phenolic OH excluding ortho intramolecular Hbond substituents is 1. The van der Waals surface area contributed by atoms with E-state index >= 15 is 0 Å². The number of aromatic hydroxyl groups is 1. The van der Waals surface area contributed by atoms with E-state index in [4.69, 9.17) is 0 Å². The molecule has 0 bridgehead atoms. The molecule has 0 spiro atoms. The zero-order chi connectivity index (χ0) is 27.1. The quantitative estimate of drug-likeness (QED) is 0.110. The minimum absolute atomic E-state index is 0. The summed E-state index contributed by atoms with van der Waals surface area (Å²) in [5, 5.41) is 31.3. The van der Waals surface area contributed by atoms with Gasteiger partial charge in [0.25, 0.3) is 0 Å². The molecule has 0 unspecified atom stereocenters. The molecule has 0 saturated heterocycles. The van der Waals surface area contributed by atoms with Crippen LogP contribution in [0, 0.1) is 0 Å². The number of azo groups is 1. The summed E-state index contributed by atoms with van der Waals surface area (Å²) in [6.45, 7) is 16.0. The van der Waals surface area contributed by atoms with Gasteiger partial charge in [-0.25, -0.2) is 4.79 Å². The van der Waals surface area contributed by atoms with Gasteiger partial charge in [-0.2, -0.15) is 0 Å². The number of rotatable bonds is 5. The maximum atomic E-state index is 11.3. The van der Waals surface area contributed by atoms with E-state index in [9.17, 15) is 15.0 Å². The molecule has 200 valence electrons. The van der Waals surface area contributed by atoms with Gasteiger partial charge in [-0.1, -0.05) is 122 Å². The molecule has 0 amide bonds. The summed E-state index contributed by atoms with van der Waals surface area (Å²) >= 11 is 0. The second kappa shape index (κ2) is 24.6. The Morgan fingerprint density at radius 1 is 0.722 bits per heavy atom. The summed E-state index contributed by atoms with van der Waals surface area (Å²) in [5.41, 5.74) is 5.19. The van der Waals surface area contributed by atoms with Crippen LogP contribution in [0.4, 0.5) is 11.4 Å². The van der Waals surface area contributed by atoms with Gasteiger partial charge in [-0.05, 0) is 18.2 Å². The molecule has 3 rings (SSSR count). The molecule has 2 N–H and O–H groups in total. The SMILES string of the molecule is CC.CC.CC.CC.O=C(O)c1ccccc1N=NC(=N[N-]c1ccccc1O)c1ccccc1.[Cu+]. The zero-order valence-corrected chi connectivity index (χ0v) is 23.3. The number of carboxylic acids is 1. The molecule has 3 aromatic carbocycles. The first-order valence-corrected chi connectivity index (χ1v) is 12.0. The van der Waals surface area contributed by atoms with Gasteiger partial charge in [-0.15, -0.1) is 10.2 Å². The maximum Gasteiger partial charge on any atom is 1.00 e. The van der Waals surface area contributed by atoms with Gasteiger partial charge in [0.15, 0.2) is 5.84 Å². The number of carboxylic acid groups (broad SMARTS) is 1. The van der Waals surface area contributed by atoms with Crippen molar-refractivity contribution in [3.8, 4) is 5.75 Å². The summed E-state index contributed by atoms with van der Waals surface area (Å²) in [7, 11) is 0. The predicted octanol–water partition coefficient (Wildman–Crippen LogP) is 9.34. The Labute approximate surface area is 226 Å². The van der Waals surface area contributed by atoms with Gasteiger partial charge in [0, 0.05) is 5.56 Å². The standard InChI is InChI=1S/C20H16N4O3.4C2H6.Cu/c25-18-13-7-6-12-17(18)22-24-19(14-8-2-1-3-9-14)23-21-16-11-5-4-10-15(16)20(26)27;4*1-2;/h1-13H,(H3,21,22,23,24,25,26,27);4*1-2H3;/q;;;;;+1/p-1. The number of benzene rings is 3. The number of para-hydroxylation sites is 1. The van der Waals surface area contributed by atoms with Gasteiger partial charge < -0.3 is 20.7 Å². The van der Waals surface area contributed by atoms with Crippen LogP contribution in [0.3, 0.4) is 0 Å². The van der Waals surface area contributed by atoms with Crippen LogP contribution in [0.1, 0.15) is 71.3 Å². The van der Waals surface area contributed by atoms with Crippen LogP contribution in [0.2, 0.25) is 0 Å². The molecule has 3 aromatic rings. The average molecular weight is 543 g/mol. The molecule has 0 aromatic heterocycles. The summed E-state index contributed by atoms with van der Waals surface area (Å²) in [6, 6.07) is 21.8. The van der Waals surface area contributed by atoms with Crippen molar-refractivity contribution in [2.75, 3.05) is 0 Å². The Bertz CT molecular complexity index is 1010. The Morgan fingerprint density at radius 2 is 1.22 bits per heavy atom. The van der Waals surface area contributed by atoms with Crippen molar-refractivity contribution in [3.63, 3.8) is 0 Å². The third kappa shape index (κ3) is 13.4. The first-order chi connectivity index (χ1) is 17.1. The molecule has 0 aliphatic rings. The zero-order valence-electron chi connectivity index (χ0n) is 22.4. The smallest absolute Gasteiger partial charge is 0.571 e. The number of hydrogen-bond donors (Lipinski definition) is 2. The Kier molecular flexibility index (Phi) is 25.4. The Balaban J connectivity index is -0.00000110. The second-order valence-corrected chi connectivity index (χ2v) is 5.40. The topological polar surface area (TPSA) is 109 Å². The molecule has 0 heterocycles. The number of amidine groups is 1. The molecule has 0 atom stereocenters. The van der Waals surface area contributed by atoms with E-state index in [1.807, 2.05) is 73.6 Å². The van der Waals surface area contributed by atoms with E-state index in [-0.39, 0.29) is 45.6 Å². The van der Waals surface area contributed by atoms with Gasteiger partial charge >= 0.3 is 23.0 Å². The molecular formula is C28H39CuN4O3. The minimum atomic E-state index is -1.10. The van der Waals surface area contributed by atoms with Crippen molar-refractivity contribution in [1.29, 1.82) is 0 Å². The van der Waals surface area contributed by atoms with E-state index in [2.05, 4.69) is 20.8 Å². The van der Waals surface area contributed by atoms with E-state index in [0.717, 1.165) is 0 Å². The average Bonchev–Trinajstić information content (AvgIpc) is 2.94. The van der Waals surface area contributed by atoms with Crippen LogP contribution >= 0.6 is 0 Å². The molecule has 8 heteroatoms. The largest absolute Gasteiger partial charge is 1.00 e. The third-order valence-electron chi connectivity index (χ3n) is 3.55. The van der Waals surface area contributed by atoms with E-state index in [1.54, 1.807) is 48.5 Å². The van der Waals surface area contributed by atoms with Gasteiger partial charge in [-0.3, -0.25) is 0 Å². The Morgan fingerprint density at radius 3 is 1.78 bits per heavy atom. The van der Waals surface area contributed by atoms with Crippen LogP contribution in [-0.4, -0.2) is 22.0 Å². The first-order valence-electron chi connectivity index (χ1n) is 12.0. The molecule has 36 heavy (non-hydrogen) atoms. The summed E-state index contributed by atoms with van der Waals surface area (Å²) < 4.78 is 0. The van der Waals surface area contributed by atoms with E-state index < -0.39 is 5.97 Å². The maximum absolute atomic E-state index is 11.3. The van der Waals surface area contributed by atoms with Crippen molar-refractivity contribution >= 4 is 23.2 Å². The normalized spacial score (nSPS) is 9.28. The van der Waals surface area contributed by atoms with Crippen LogP contribution in [0.15, 0.2) is 94.2 Å². The predicted molar refractivity (Wildman–Crippen MR) is 147 cm³/mol. The molecular weight excluding hydrogens is 504 g/mol. The summed E-state index contributed by atoms with van der Waals surface area (Å²) in [5.74, 6) is -0.928. The fourth-order valence-corrected chi connectivity index (χ4v) is 2.22. The fourth-order valence-electron chi connectivity index (χ4n) is 2.22.